The summed E-state index contributed by atoms with van der Waals surface area (Å²) in [6.07, 6.45) is 4.41. The minimum atomic E-state index is -0.984. The number of amides is 1. The molecule has 1 amide bonds. The first kappa shape index (κ1) is 16.0. The number of nitrogens with zero attached hydrogens (tertiary/aromatic N) is 1. The average Bonchev–Trinajstić information content (AvgIpc) is 3.15. The summed E-state index contributed by atoms with van der Waals surface area (Å²) in [5.74, 6) is -2.86. The number of rotatable bonds is 5. The second-order valence-corrected chi connectivity index (χ2v) is 5.97. The summed E-state index contributed by atoms with van der Waals surface area (Å²) in [5, 5.41) is 22.9. The predicted octanol–water partition coefficient (Wildman–Crippen LogP) is 2.06. The molecular weight excluding hydrogens is 316 g/mol. The highest BCUT2D eigenvalue weighted by Crippen LogP contribution is 2.48. The second-order valence-electron chi connectivity index (χ2n) is 5.97. The number of nitro groups is 1. The maximum Gasteiger partial charge on any atom is 0.307 e. The summed E-state index contributed by atoms with van der Waals surface area (Å²) in [6, 6.07) is 3.85. The van der Waals surface area contributed by atoms with Gasteiger partial charge in [0.15, 0.2) is 0 Å². The Hall–Kier alpha value is -2.90. The van der Waals surface area contributed by atoms with Crippen LogP contribution in [0.4, 0.5) is 11.4 Å². The normalized spacial score (nSPS) is 27.0. The number of fused-ring (bicyclic) bond motifs is 2. The van der Waals surface area contributed by atoms with E-state index < -0.39 is 28.6 Å². The van der Waals surface area contributed by atoms with E-state index >= 15 is 0 Å². The molecule has 2 bridgehead atoms. The summed E-state index contributed by atoms with van der Waals surface area (Å²) in [7, 11) is 1.34. The van der Waals surface area contributed by atoms with Crippen LogP contribution in [0.25, 0.3) is 0 Å². The van der Waals surface area contributed by atoms with Crippen LogP contribution in [0.1, 0.15) is 6.42 Å². The Bertz CT molecular complexity index is 744. The fourth-order valence-electron chi connectivity index (χ4n) is 3.63. The lowest BCUT2D eigenvalue weighted by molar-refractivity contribution is -0.384. The number of hydrogen-bond donors (Lipinski definition) is 2. The third-order valence-corrected chi connectivity index (χ3v) is 4.70. The van der Waals surface area contributed by atoms with Gasteiger partial charge in [-0.2, -0.15) is 0 Å². The molecule has 0 spiro atoms. The highest BCUT2D eigenvalue weighted by molar-refractivity contribution is 5.97. The number of carboxylic acid groups (broad SMARTS) is 1. The number of benzene rings is 1. The molecule has 1 aromatic rings. The highest BCUT2D eigenvalue weighted by atomic mass is 16.6. The molecular formula is C16H16N2O6. The van der Waals surface area contributed by atoms with Crippen molar-refractivity contribution in [3.8, 4) is 5.75 Å². The fourth-order valence-corrected chi connectivity index (χ4v) is 3.63. The molecule has 24 heavy (non-hydrogen) atoms. The molecule has 8 nitrogen and oxygen atoms in total. The molecule has 0 aliphatic heterocycles. The smallest absolute Gasteiger partial charge is 0.307 e. The molecule has 0 unspecified atom stereocenters. The second kappa shape index (κ2) is 5.95. The van der Waals surface area contributed by atoms with Gasteiger partial charge in [-0.3, -0.25) is 19.7 Å². The number of methoxy groups -OCH3 is 1. The van der Waals surface area contributed by atoms with E-state index in [2.05, 4.69) is 5.32 Å². The number of nitrogens with one attached hydrogen (secondary N) is 1. The van der Waals surface area contributed by atoms with Crippen molar-refractivity contribution in [1.82, 2.24) is 0 Å². The van der Waals surface area contributed by atoms with E-state index in [9.17, 15) is 24.8 Å². The minimum Gasteiger partial charge on any atom is -0.494 e. The number of aliphatic carboxylic acids is 1. The summed E-state index contributed by atoms with van der Waals surface area (Å²) < 4.78 is 5.09. The van der Waals surface area contributed by atoms with Crippen LogP contribution in [-0.2, 0) is 9.59 Å². The molecule has 1 fully saturated rings. The Labute approximate surface area is 137 Å². The topological polar surface area (TPSA) is 119 Å². The van der Waals surface area contributed by atoms with Crippen molar-refractivity contribution in [3.63, 3.8) is 0 Å². The van der Waals surface area contributed by atoms with Gasteiger partial charge in [-0.25, -0.2) is 0 Å². The maximum atomic E-state index is 12.6. The molecule has 1 saturated carbocycles. The van der Waals surface area contributed by atoms with E-state index in [1.54, 1.807) is 0 Å². The van der Waals surface area contributed by atoms with Crippen LogP contribution in [0, 0.1) is 33.8 Å². The van der Waals surface area contributed by atoms with Crippen molar-refractivity contribution in [2.24, 2.45) is 23.7 Å². The molecule has 2 N–H and O–H groups in total. The third-order valence-electron chi connectivity index (χ3n) is 4.70. The Morgan fingerprint density at radius 1 is 1.29 bits per heavy atom. The number of anilines is 1. The van der Waals surface area contributed by atoms with Crippen LogP contribution in [0.15, 0.2) is 30.4 Å². The molecule has 2 aliphatic carbocycles. The molecule has 2 aliphatic rings. The number of non-ortho nitro benzene ring substituents is 1. The van der Waals surface area contributed by atoms with Crippen LogP contribution in [0.3, 0.4) is 0 Å². The van der Waals surface area contributed by atoms with Crippen molar-refractivity contribution in [2.75, 3.05) is 12.4 Å². The fraction of sp³-hybridized carbons (Fsp3) is 0.375. The van der Waals surface area contributed by atoms with Crippen molar-refractivity contribution in [2.45, 2.75) is 6.42 Å². The quantitative estimate of drug-likeness (QED) is 0.484. The van der Waals surface area contributed by atoms with Gasteiger partial charge in [0.2, 0.25) is 5.91 Å². The number of nitro benzene ring substituents is 1. The van der Waals surface area contributed by atoms with E-state index in [1.807, 2.05) is 12.2 Å². The highest BCUT2D eigenvalue weighted by Gasteiger charge is 2.51. The zero-order chi connectivity index (χ0) is 17.4. The molecule has 3 rings (SSSR count). The van der Waals surface area contributed by atoms with Crippen LogP contribution in [0.5, 0.6) is 5.75 Å². The SMILES string of the molecule is COc1cc([N+](=O)[O-])ccc1NC(=O)[C@@H]1[C@H](C(=O)O)[C@H]2C=C[C@H]1C2. The molecule has 0 heterocycles. The van der Waals surface area contributed by atoms with E-state index in [-0.39, 0.29) is 29.0 Å². The van der Waals surface area contributed by atoms with Crippen LogP contribution in [-0.4, -0.2) is 29.0 Å². The van der Waals surface area contributed by atoms with Crippen LogP contribution < -0.4 is 10.1 Å². The number of allylic oxidation sites excluding steroid dienone is 2. The average molecular weight is 332 g/mol. The van der Waals surface area contributed by atoms with Gasteiger partial charge in [0.05, 0.1) is 35.6 Å². The van der Waals surface area contributed by atoms with Gasteiger partial charge >= 0.3 is 5.97 Å². The largest absolute Gasteiger partial charge is 0.494 e. The summed E-state index contributed by atoms with van der Waals surface area (Å²) in [4.78, 5) is 34.3. The Morgan fingerprint density at radius 3 is 2.54 bits per heavy atom. The van der Waals surface area contributed by atoms with Gasteiger partial charge < -0.3 is 15.2 Å². The number of hydrogen-bond acceptors (Lipinski definition) is 5. The van der Waals surface area contributed by atoms with E-state index in [0.29, 0.717) is 6.42 Å². The Kier molecular flexibility index (Phi) is 3.96. The lowest BCUT2D eigenvalue weighted by atomic mass is 9.82. The first-order valence-electron chi connectivity index (χ1n) is 7.46. The van der Waals surface area contributed by atoms with E-state index in [4.69, 9.17) is 4.74 Å². The molecule has 0 saturated heterocycles. The minimum absolute atomic E-state index is 0.0971. The third kappa shape index (κ3) is 2.60. The Morgan fingerprint density at radius 2 is 1.96 bits per heavy atom. The summed E-state index contributed by atoms with van der Waals surface area (Å²) in [5.41, 5.74) is 0.125. The monoisotopic (exact) mass is 332 g/mol. The lowest BCUT2D eigenvalue weighted by Gasteiger charge is -2.24. The Balaban J connectivity index is 1.83. The lowest BCUT2D eigenvalue weighted by Crippen LogP contribution is -2.36. The van der Waals surface area contributed by atoms with Gasteiger partial charge in [0.1, 0.15) is 5.75 Å². The van der Waals surface area contributed by atoms with E-state index in [0.717, 1.165) is 0 Å². The first-order chi connectivity index (χ1) is 11.4. The predicted molar refractivity (Wildman–Crippen MR) is 83.6 cm³/mol. The van der Waals surface area contributed by atoms with Gasteiger partial charge in [0, 0.05) is 6.07 Å². The van der Waals surface area contributed by atoms with Crippen molar-refractivity contribution >= 4 is 23.3 Å². The van der Waals surface area contributed by atoms with Crippen molar-refractivity contribution in [1.29, 1.82) is 0 Å². The maximum absolute atomic E-state index is 12.6. The zero-order valence-electron chi connectivity index (χ0n) is 12.8. The standard InChI is InChI=1S/C16H16N2O6/c1-24-12-7-10(18(22)23)4-5-11(12)17-15(19)13-8-2-3-9(6-8)14(13)16(20)21/h2-5,7-9,13-14H,6H2,1H3,(H,17,19)(H,20,21)/t8-,9-,13-,14+/m0/s1. The molecule has 8 heteroatoms. The zero-order valence-corrected chi connectivity index (χ0v) is 12.8. The van der Waals surface area contributed by atoms with Crippen molar-refractivity contribution < 1.29 is 24.4 Å². The van der Waals surface area contributed by atoms with Crippen LogP contribution in [0.2, 0.25) is 0 Å². The number of carbonyl (C=O) groups excluding carboxylic acids is 1. The van der Waals surface area contributed by atoms with Crippen LogP contribution >= 0.6 is 0 Å². The summed E-state index contributed by atoms with van der Waals surface area (Å²) in [6.45, 7) is 0. The molecule has 0 radical (unpaired) electrons. The van der Waals surface area contributed by atoms with Crippen molar-refractivity contribution in [3.05, 3.63) is 40.5 Å². The van der Waals surface area contributed by atoms with E-state index in [1.165, 1.54) is 25.3 Å². The molecule has 1 aromatic carbocycles. The van der Waals surface area contributed by atoms with Gasteiger partial charge in [0.25, 0.3) is 5.69 Å². The molecule has 4 atom stereocenters. The molecule has 0 aromatic heterocycles. The molecule has 126 valence electrons. The number of ether oxygens (including phenoxy) is 1. The van der Waals surface area contributed by atoms with Gasteiger partial charge in [-0.15, -0.1) is 0 Å². The summed E-state index contributed by atoms with van der Waals surface area (Å²) >= 11 is 0. The van der Waals surface area contributed by atoms with Gasteiger partial charge in [-0.1, -0.05) is 12.2 Å². The number of carboxylic acids is 1. The first-order valence-corrected chi connectivity index (χ1v) is 7.46. The van der Waals surface area contributed by atoms with Gasteiger partial charge in [-0.05, 0) is 24.3 Å². The number of carbonyl (C=O) groups is 2.